The molecule has 1 saturated heterocycles. The first-order valence-electron chi connectivity index (χ1n) is 11.0. The molecule has 1 fully saturated rings. The molecule has 0 bridgehead atoms. The summed E-state index contributed by atoms with van der Waals surface area (Å²) in [5, 5.41) is 0. The van der Waals surface area contributed by atoms with Crippen molar-refractivity contribution in [2.24, 2.45) is 0 Å². The second-order valence-electron chi connectivity index (χ2n) is 8.59. The molecule has 4 aromatic rings. The Bertz CT molecular complexity index is 1290. The average molecular weight is 426 g/mol. The number of benzene rings is 3. The number of hydrogen-bond acceptors (Lipinski definition) is 3. The lowest BCUT2D eigenvalue weighted by Gasteiger charge is -2.20. The van der Waals surface area contributed by atoms with Crippen LogP contribution in [0.4, 0.5) is 5.69 Å². The topological polar surface area (TPSA) is 47.4 Å². The van der Waals surface area contributed by atoms with Gasteiger partial charge in [-0.05, 0) is 60.9 Å². The van der Waals surface area contributed by atoms with Crippen molar-refractivity contribution in [1.82, 2.24) is 9.55 Å². The average Bonchev–Trinajstić information content (AvgIpc) is 3.36. The molecule has 2 heterocycles. The molecule has 32 heavy (non-hydrogen) atoms. The third-order valence-electron chi connectivity index (χ3n) is 6.33. The SMILES string of the molecule is COc1ccc(Cn2c(C3CC(=O)N(c4cc(C)ccc4C)C3)nc3ccccc32)cc1. The molecule has 0 N–H and O–H groups in total. The summed E-state index contributed by atoms with van der Waals surface area (Å²) in [6.07, 6.45) is 0.472. The standard InChI is InChI=1S/C27H27N3O2/c1-18-8-9-19(2)25(14-18)29-17-21(15-26(29)31)27-28-23-6-4-5-7-24(23)30(27)16-20-10-12-22(32-3)13-11-20/h4-14,21H,15-17H2,1-3H3. The van der Waals surface area contributed by atoms with Gasteiger partial charge >= 0.3 is 0 Å². The van der Waals surface area contributed by atoms with Gasteiger partial charge in [0.15, 0.2) is 0 Å². The van der Waals surface area contributed by atoms with E-state index >= 15 is 0 Å². The number of carbonyl (C=O) groups excluding carboxylic acids is 1. The van der Waals surface area contributed by atoms with Crippen LogP contribution in [-0.2, 0) is 11.3 Å². The predicted molar refractivity (Wildman–Crippen MR) is 127 cm³/mol. The number of anilines is 1. The number of nitrogens with zero attached hydrogens (tertiary/aromatic N) is 3. The zero-order chi connectivity index (χ0) is 22.2. The fourth-order valence-corrected chi connectivity index (χ4v) is 4.61. The van der Waals surface area contributed by atoms with Gasteiger partial charge in [-0.2, -0.15) is 0 Å². The van der Waals surface area contributed by atoms with E-state index in [0.717, 1.165) is 39.4 Å². The van der Waals surface area contributed by atoms with Crippen molar-refractivity contribution in [3.63, 3.8) is 0 Å². The number of aromatic nitrogens is 2. The van der Waals surface area contributed by atoms with Crippen molar-refractivity contribution in [2.45, 2.75) is 32.7 Å². The van der Waals surface area contributed by atoms with Gasteiger partial charge in [-0.25, -0.2) is 4.98 Å². The van der Waals surface area contributed by atoms with Gasteiger partial charge in [-0.3, -0.25) is 4.79 Å². The molecule has 1 aromatic heterocycles. The zero-order valence-electron chi connectivity index (χ0n) is 18.7. The highest BCUT2D eigenvalue weighted by atomic mass is 16.5. The molecule has 5 nitrogen and oxygen atoms in total. The Balaban J connectivity index is 1.52. The van der Waals surface area contributed by atoms with Crippen LogP contribution in [0, 0.1) is 13.8 Å². The molecule has 1 atom stereocenters. The minimum Gasteiger partial charge on any atom is -0.497 e. The number of hydrogen-bond donors (Lipinski definition) is 0. The van der Waals surface area contributed by atoms with E-state index in [1.165, 1.54) is 5.56 Å². The Morgan fingerprint density at radius 2 is 1.81 bits per heavy atom. The van der Waals surface area contributed by atoms with E-state index in [-0.39, 0.29) is 11.8 Å². The first kappa shape index (κ1) is 20.3. The summed E-state index contributed by atoms with van der Waals surface area (Å²) < 4.78 is 7.57. The van der Waals surface area contributed by atoms with Crippen molar-refractivity contribution in [1.29, 1.82) is 0 Å². The molecule has 1 amide bonds. The summed E-state index contributed by atoms with van der Waals surface area (Å²) in [4.78, 5) is 20.0. The minimum atomic E-state index is 0.0491. The number of methoxy groups -OCH3 is 1. The van der Waals surface area contributed by atoms with Crippen LogP contribution >= 0.6 is 0 Å². The number of rotatable bonds is 5. The largest absolute Gasteiger partial charge is 0.497 e. The second-order valence-corrected chi connectivity index (χ2v) is 8.59. The van der Waals surface area contributed by atoms with Crippen LogP contribution in [0.2, 0.25) is 0 Å². The molecule has 1 unspecified atom stereocenters. The van der Waals surface area contributed by atoms with E-state index in [4.69, 9.17) is 9.72 Å². The third kappa shape index (κ3) is 3.64. The molecule has 1 aliphatic rings. The van der Waals surface area contributed by atoms with Crippen molar-refractivity contribution >= 4 is 22.6 Å². The van der Waals surface area contributed by atoms with Gasteiger partial charge < -0.3 is 14.2 Å². The fraction of sp³-hybridized carbons (Fsp3) is 0.259. The summed E-state index contributed by atoms with van der Waals surface area (Å²) in [5.74, 6) is 2.03. The maximum Gasteiger partial charge on any atom is 0.227 e. The van der Waals surface area contributed by atoms with Crippen LogP contribution in [0.3, 0.4) is 0 Å². The Hall–Kier alpha value is -3.60. The van der Waals surface area contributed by atoms with Crippen LogP contribution < -0.4 is 9.64 Å². The van der Waals surface area contributed by atoms with E-state index in [1.54, 1.807) is 7.11 Å². The first-order chi connectivity index (χ1) is 15.5. The molecular weight excluding hydrogens is 398 g/mol. The maximum atomic E-state index is 13.1. The number of amides is 1. The highest BCUT2D eigenvalue weighted by molar-refractivity contribution is 5.97. The van der Waals surface area contributed by atoms with Gasteiger partial charge in [0.25, 0.3) is 0 Å². The van der Waals surface area contributed by atoms with E-state index in [2.05, 4.69) is 54.8 Å². The van der Waals surface area contributed by atoms with Gasteiger partial charge in [0.2, 0.25) is 5.91 Å². The molecule has 0 spiro atoms. The van der Waals surface area contributed by atoms with Crippen molar-refractivity contribution in [2.75, 3.05) is 18.6 Å². The molecule has 1 aliphatic heterocycles. The summed E-state index contributed by atoms with van der Waals surface area (Å²) in [6, 6.07) is 22.6. The van der Waals surface area contributed by atoms with E-state index in [1.807, 2.05) is 35.2 Å². The Labute approximate surface area is 188 Å². The summed E-state index contributed by atoms with van der Waals surface area (Å²) >= 11 is 0. The van der Waals surface area contributed by atoms with Gasteiger partial charge in [0.1, 0.15) is 11.6 Å². The Morgan fingerprint density at radius 3 is 2.59 bits per heavy atom. The van der Waals surface area contributed by atoms with Gasteiger partial charge in [-0.15, -0.1) is 0 Å². The number of imidazole rings is 1. The van der Waals surface area contributed by atoms with E-state index in [0.29, 0.717) is 19.5 Å². The summed E-state index contributed by atoms with van der Waals surface area (Å²) in [7, 11) is 1.68. The van der Waals surface area contributed by atoms with Gasteiger partial charge in [0, 0.05) is 31.1 Å². The van der Waals surface area contributed by atoms with E-state index in [9.17, 15) is 4.79 Å². The molecule has 0 saturated carbocycles. The van der Waals surface area contributed by atoms with Crippen LogP contribution in [0.15, 0.2) is 66.7 Å². The number of fused-ring (bicyclic) bond motifs is 1. The van der Waals surface area contributed by atoms with Crippen molar-refractivity contribution < 1.29 is 9.53 Å². The molecular formula is C27H27N3O2. The Morgan fingerprint density at radius 1 is 1.03 bits per heavy atom. The van der Waals surface area contributed by atoms with Crippen LogP contribution in [0.25, 0.3) is 11.0 Å². The van der Waals surface area contributed by atoms with Gasteiger partial charge in [-0.1, -0.05) is 36.4 Å². The lowest BCUT2D eigenvalue weighted by molar-refractivity contribution is -0.117. The summed E-state index contributed by atoms with van der Waals surface area (Å²) in [5.41, 5.74) is 6.52. The number of aryl methyl sites for hydroxylation is 2. The van der Waals surface area contributed by atoms with Crippen LogP contribution in [0.5, 0.6) is 5.75 Å². The van der Waals surface area contributed by atoms with Crippen molar-refractivity contribution in [3.8, 4) is 5.75 Å². The number of carbonyl (C=O) groups is 1. The monoisotopic (exact) mass is 425 g/mol. The highest BCUT2D eigenvalue weighted by Gasteiger charge is 2.35. The lowest BCUT2D eigenvalue weighted by atomic mass is 10.1. The molecule has 5 rings (SSSR count). The number of ether oxygens (including phenoxy) is 1. The smallest absolute Gasteiger partial charge is 0.227 e. The first-order valence-corrected chi connectivity index (χ1v) is 11.0. The zero-order valence-corrected chi connectivity index (χ0v) is 18.7. The second kappa shape index (κ2) is 8.15. The van der Waals surface area contributed by atoms with E-state index < -0.39 is 0 Å². The molecule has 162 valence electrons. The fourth-order valence-electron chi connectivity index (χ4n) is 4.61. The lowest BCUT2D eigenvalue weighted by Crippen LogP contribution is -2.25. The highest BCUT2D eigenvalue weighted by Crippen LogP contribution is 2.35. The molecule has 0 aliphatic carbocycles. The quantitative estimate of drug-likeness (QED) is 0.440. The maximum absolute atomic E-state index is 13.1. The minimum absolute atomic E-state index is 0.0491. The van der Waals surface area contributed by atoms with Crippen molar-refractivity contribution in [3.05, 3.63) is 89.2 Å². The van der Waals surface area contributed by atoms with Gasteiger partial charge in [0.05, 0.1) is 18.1 Å². The molecule has 3 aromatic carbocycles. The summed E-state index contributed by atoms with van der Waals surface area (Å²) in [6.45, 7) is 5.48. The predicted octanol–water partition coefficient (Wildman–Crippen LogP) is 5.23. The normalized spacial score (nSPS) is 16.2. The van der Waals surface area contributed by atoms with Crippen LogP contribution in [0.1, 0.15) is 34.9 Å². The Kier molecular flexibility index (Phi) is 5.17. The van der Waals surface area contributed by atoms with Crippen LogP contribution in [-0.4, -0.2) is 29.1 Å². The molecule has 0 radical (unpaired) electrons. The molecule has 5 heteroatoms. The number of para-hydroxylation sites is 2. The third-order valence-corrected chi connectivity index (χ3v) is 6.33.